The molecule has 0 aliphatic carbocycles. The molecular weight excluding hydrogens is 150 g/mol. The molecule has 3 heteroatoms. The number of ether oxygens (including phenoxy) is 1. The molecule has 0 spiro atoms. The maximum atomic E-state index is 5.37. The summed E-state index contributed by atoms with van der Waals surface area (Å²) in [7, 11) is 0. The van der Waals surface area contributed by atoms with Crippen LogP contribution >= 0.6 is 12.4 Å². The number of hydrogen-bond acceptors (Lipinski definition) is 2. The van der Waals surface area contributed by atoms with Crippen molar-refractivity contribution in [3.63, 3.8) is 0 Å². The van der Waals surface area contributed by atoms with Crippen LogP contribution in [0.1, 0.15) is 12.8 Å². The summed E-state index contributed by atoms with van der Waals surface area (Å²) in [6, 6.07) is 0.678. The zero-order valence-corrected chi connectivity index (χ0v) is 6.82. The van der Waals surface area contributed by atoms with E-state index in [0.717, 1.165) is 19.1 Å². The van der Waals surface area contributed by atoms with Crippen molar-refractivity contribution >= 4 is 12.4 Å². The average molecular weight is 164 g/mol. The molecule has 2 saturated heterocycles. The molecule has 0 aromatic rings. The molecule has 0 amide bonds. The molecule has 2 atom stereocenters. The maximum Gasteiger partial charge on any atom is 0.0619 e. The zero-order chi connectivity index (χ0) is 6.10. The summed E-state index contributed by atoms with van der Waals surface area (Å²) >= 11 is 0. The highest BCUT2D eigenvalue weighted by atomic mass is 35.5. The van der Waals surface area contributed by atoms with Gasteiger partial charge in [-0.05, 0) is 25.3 Å². The van der Waals surface area contributed by atoms with Crippen LogP contribution in [-0.4, -0.2) is 25.8 Å². The van der Waals surface area contributed by atoms with E-state index in [4.69, 9.17) is 4.74 Å². The highest BCUT2D eigenvalue weighted by molar-refractivity contribution is 5.85. The summed E-state index contributed by atoms with van der Waals surface area (Å²) in [5.41, 5.74) is 0. The van der Waals surface area contributed by atoms with Crippen LogP contribution in [0, 0.1) is 5.92 Å². The highest BCUT2D eigenvalue weighted by Crippen LogP contribution is 2.20. The predicted molar refractivity (Wildman–Crippen MR) is 42.6 cm³/mol. The van der Waals surface area contributed by atoms with Crippen molar-refractivity contribution in [2.75, 3.05) is 19.8 Å². The van der Waals surface area contributed by atoms with Gasteiger partial charge in [-0.1, -0.05) is 0 Å². The van der Waals surface area contributed by atoms with Crippen LogP contribution in [0.2, 0.25) is 0 Å². The molecule has 2 rings (SSSR count). The third-order valence-electron chi connectivity index (χ3n) is 2.28. The number of hydrogen-bond donors (Lipinski definition) is 1. The van der Waals surface area contributed by atoms with Crippen molar-refractivity contribution in [2.45, 2.75) is 18.9 Å². The lowest BCUT2D eigenvalue weighted by Gasteiger charge is -2.34. The fourth-order valence-corrected chi connectivity index (χ4v) is 1.75. The molecule has 2 fully saturated rings. The van der Waals surface area contributed by atoms with Gasteiger partial charge in [0.2, 0.25) is 0 Å². The van der Waals surface area contributed by atoms with E-state index in [9.17, 15) is 0 Å². The van der Waals surface area contributed by atoms with Gasteiger partial charge in [0.25, 0.3) is 0 Å². The largest absolute Gasteiger partial charge is 0.380 e. The van der Waals surface area contributed by atoms with Gasteiger partial charge in [-0.2, -0.15) is 0 Å². The normalized spacial score (nSPS) is 38.4. The smallest absolute Gasteiger partial charge is 0.0619 e. The van der Waals surface area contributed by atoms with Gasteiger partial charge >= 0.3 is 0 Å². The molecule has 0 aromatic carbocycles. The van der Waals surface area contributed by atoms with Gasteiger partial charge in [0.05, 0.1) is 6.61 Å². The lowest BCUT2D eigenvalue weighted by atomic mass is 9.92. The fourth-order valence-electron chi connectivity index (χ4n) is 1.75. The Morgan fingerprint density at radius 1 is 1.30 bits per heavy atom. The molecule has 2 aliphatic rings. The van der Waals surface area contributed by atoms with E-state index in [0.29, 0.717) is 6.04 Å². The number of fused-ring (bicyclic) bond motifs is 2. The minimum atomic E-state index is 0. The van der Waals surface area contributed by atoms with E-state index >= 15 is 0 Å². The quantitative estimate of drug-likeness (QED) is 0.571. The first kappa shape index (κ1) is 8.31. The standard InChI is InChI=1S/C7H13NO.ClH/c1-2-8-7-3-6(1)4-9-5-7;/h6-8H,1-5H2;1H. The summed E-state index contributed by atoms with van der Waals surface area (Å²) in [5, 5.41) is 3.43. The van der Waals surface area contributed by atoms with Crippen LogP contribution in [0.3, 0.4) is 0 Å². The van der Waals surface area contributed by atoms with Crippen molar-refractivity contribution < 1.29 is 4.74 Å². The molecule has 2 heterocycles. The monoisotopic (exact) mass is 163 g/mol. The molecule has 0 aromatic heterocycles. The van der Waals surface area contributed by atoms with Crippen LogP contribution in [-0.2, 0) is 4.74 Å². The van der Waals surface area contributed by atoms with Crippen molar-refractivity contribution in [1.82, 2.24) is 5.32 Å². The predicted octanol–water partition coefficient (Wildman–Crippen LogP) is 0.807. The first-order valence-corrected chi connectivity index (χ1v) is 3.76. The molecular formula is C7H14ClNO. The van der Waals surface area contributed by atoms with Crippen LogP contribution < -0.4 is 5.32 Å². The number of nitrogens with one attached hydrogen (secondary N) is 1. The average Bonchev–Trinajstić information content (AvgIpc) is 1.88. The Labute approximate surface area is 67.7 Å². The second-order valence-corrected chi connectivity index (χ2v) is 3.08. The van der Waals surface area contributed by atoms with Gasteiger partial charge in [-0.15, -0.1) is 12.4 Å². The van der Waals surface area contributed by atoms with Gasteiger partial charge in [0, 0.05) is 12.6 Å². The molecule has 2 unspecified atom stereocenters. The van der Waals surface area contributed by atoms with E-state index in [1.807, 2.05) is 0 Å². The minimum Gasteiger partial charge on any atom is -0.380 e. The van der Waals surface area contributed by atoms with E-state index in [2.05, 4.69) is 5.32 Å². The van der Waals surface area contributed by atoms with E-state index in [1.165, 1.54) is 19.4 Å². The van der Waals surface area contributed by atoms with Gasteiger partial charge in [0.1, 0.15) is 0 Å². The minimum absolute atomic E-state index is 0. The first-order valence-electron chi connectivity index (χ1n) is 3.76. The third-order valence-corrected chi connectivity index (χ3v) is 2.28. The number of rotatable bonds is 0. The molecule has 2 bridgehead atoms. The Kier molecular flexibility index (Phi) is 2.96. The van der Waals surface area contributed by atoms with Crippen molar-refractivity contribution in [3.05, 3.63) is 0 Å². The van der Waals surface area contributed by atoms with Gasteiger partial charge < -0.3 is 10.1 Å². The van der Waals surface area contributed by atoms with Crippen LogP contribution in [0.25, 0.3) is 0 Å². The third kappa shape index (κ3) is 1.62. The van der Waals surface area contributed by atoms with Gasteiger partial charge in [-0.3, -0.25) is 0 Å². The van der Waals surface area contributed by atoms with Gasteiger partial charge in [-0.25, -0.2) is 0 Å². The van der Waals surface area contributed by atoms with E-state index in [1.54, 1.807) is 0 Å². The van der Waals surface area contributed by atoms with Crippen LogP contribution in [0.5, 0.6) is 0 Å². The molecule has 0 saturated carbocycles. The summed E-state index contributed by atoms with van der Waals surface area (Å²) in [4.78, 5) is 0. The van der Waals surface area contributed by atoms with Gasteiger partial charge in [0.15, 0.2) is 0 Å². The van der Waals surface area contributed by atoms with Crippen LogP contribution in [0.15, 0.2) is 0 Å². The number of piperidine rings is 1. The molecule has 1 N–H and O–H groups in total. The Hall–Kier alpha value is 0.210. The molecule has 10 heavy (non-hydrogen) atoms. The Morgan fingerprint density at radius 2 is 2.20 bits per heavy atom. The molecule has 2 nitrogen and oxygen atoms in total. The second kappa shape index (κ2) is 3.56. The van der Waals surface area contributed by atoms with Crippen LogP contribution in [0.4, 0.5) is 0 Å². The fraction of sp³-hybridized carbons (Fsp3) is 1.00. The Bertz CT molecular complexity index is 89.8. The molecule has 2 aliphatic heterocycles. The molecule has 0 radical (unpaired) electrons. The first-order chi connectivity index (χ1) is 4.45. The zero-order valence-electron chi connectivity index (χ0n) is 6.01. The summed E-state index contributed by atoms with van der Waals surface area (Å²) < 4.78 is 5.37. The van der Waals surface area contributed by atoms with E-state index < -0.39 is 0 Å². The SMILES string of the molecule is C1CC2COCC(C2)N1.Cl. The lowest BCUT2D eigenvalue weighted by molar-refractivity contribution is 0.0111. The highest BCUT2D eigenvalue weighted by Gasteiger charge is 2.25. The second-order valence-electron chi connectivity index (χ2n) is 3.08. The summed E-state index contributed by atoms with van der Waals surface area (Å²) in [6.45, 7) is 3.16. The van der Waals surface area contributed by atoms with E-state index in [-0.39, 0.29) is 12.4 Å². The lowest BCUT2D eigenvalue weighted by Crippen LogP contribution is -2.46. The van der Waals surface area contributed by atoms with Crippen molar-refractivity contribution in [1.29, 1.82) is 0 Å². The summed E-state index contributed by atoms with van der Waals surface area (Å²) in [6.07, 6.45) is 2.66. The Balaban J connectivity index is 0.000000500. The topological polar surface area (TPSA) is 21.3 Å². The maximum absolute atomic E-state index is 5.37. The van der Waals surface area contributed by atoms with Crippen molar-refractivity contribution in [2.24, 2.45) is 5.92 Å². The Morgan fingerprint density at radius 3 is 2.90 bits per heavy atom. The van der Waals surface area contributed by atoms with Crippen molar-refractivity contribution in [3.8, 4) is 0 Å². The molecule has 60 valence electrons. The summed E-state index contributed by atoms with van der Waals surface area (Å²) in [5.74, 6) is 0.866. The number of halogens is 1.